The van der Waals surface area contributed by atoms with Gasteiger partial charge in [0.2, 0.25) is 0 Å². The highest BCUT2D eigenvalue weighted by Crippen LogP contribution is 2.31. The predicted molar refractivity (Wildman–Crippen MR) is 64.6 cm³/mol. The molecule has 14 heavy (non-hydrogen) atoms. The Morgan fingerprint density at radius 1 is 1.50 bits per heavy atom. The second-order valence-corrected chi connectivity index (χ2v) is 4.63. The van der Waals surface area contributed by atoms with E-state index in [0.29, 0.717) is 0 Å². The van der Waals surface area contributed by atoms with Gasteiger partial charge in [0, 0.05) is 21.0 Å². The molecular weight excluding hydrogens is 260 g/mol. The molecule has 0 amide bonds. The maximum absolute atomic E-state index is 10.9. The van der Waals surface area contributed by atoms with Gasteiger partial charge < -0.3 is 0 Å². The second kappa shape index (κ2) is 3.83. The molecule has 0 aliphatic carbocycles. The average Bonchev–Trinajstić information content (AvgIpc) is 2.60. The smallest absolute Gasteiger partial charge is 0.150 e. The maximum atomic E-state index is 10.9. The third kappa shape index (κ3) is 1.41. The topological polar surface area (TPSA) is 17.1 Å². The number of hydrogen-bond acceptors (Lipinski definition) is 2. The molecule has 3 heteroatoms. The van der Waals surface area contributed by atoms with E-state index in [2.05, 4.69) is 21.3 Å². The fourth-order valence-corrected chi connectivity index (χ4v) is 3.35. The van der Waals surface area contributed by atoms with Crippen molar-refractivity contribution in [1.29, 1.82) is 0 Å². The lowest BCUT2D eigenvalue weighted by Crippen LogP contribution is -1.85. The van der Waals surface area contributed by atoms with Crippen molar-refractivity contribution in [2.45, 2.75) is 12.3 Å². The van der Waals surface area contributed by atoms with Crippen LogP contribution >= 0.6 is 27.3 Å². The van der Waals surface area contributed by atoms with Crippen LogP contribution in [0.2, 0.25) is 0 Å². The molecule has 1 nitrogen and oxygen atoms in total. The minimum atomic E-state index is 0.795. The molecule has 72 valence electrons. The largest absolute Gasteiger partial charge is 0.298 e. The van der Waals surface area contributed by atoms with Crippen LogP contribution in [0.3, 0.4) is 0 Å². The zero-order valence-electron chi connectivity index (χ0n) is 7.71. The summed E-state index contributed by atoms with van der Waals surface area (Å²) in [5.74, 6) is 0. The van der Waals surface area contributed by atoms with Gasteiger partial charge in [0.25, 0.3) is 0 Å². The van der Waals surface area contributed by atoms with E-state index >= 15 is 0 Å². The molecule has 1 aromatic carbocycles. The van der Waals surface area contributed by atoms with Crippen LogP contribution in [0.1, 0.15) is 21.5 Å². The molecule has 1 aromatic heterocycles. The van der Waals surface area contributed by atoms with Gasteiger partial charge >= 0.3 is 0 Å². The van der Waals surface area contributed by atoms with Crippen LogP contribution in [-0.4, -0.2) is 6.29 Å². The van der Waals surface area contributed by atoms with E-state index in [4.69, 9.17) is 0 Å². The Morgan fingerprint density at radius 3 is 2.93 bits per heavy atom. The van der Waals surface area contributed by atoms with Gasteiger partial charge in [-0.05, 0) is 23.4 Å². The highest BCUT2D eigenvalue weighted by atomic mass is 79.9. The van der Waals surface area contributed by atoms with Gasteiger partial charge in [0.1, 0.15) is 0 Å². The van der Waals surface area contributed by atoms with E-state index in [1.807, 2.05) is 19.1 Å². The number of benzene rings is 1. The van der Waals surface area contributed by atoms with Gasteiger partial charge in [0.15, 0.2) is 6.29 Å². The summed E-state index contributed by atoms with van der Waals surface area (Å²) in [6.07, 6.45) is 0.931. The van der Waals surface area contributed by atoms with Crippen molar-refractivity contribution in [3.8, 4) is 0 Å². The van der Waals surface area contributed by atoms with E-state index in [0.717, 1.165) is 22.6 Å². The quantitative estimate of drug-likeness (QED) is 0.596. The lowest BCUT2D eigenvalue weighted by Gasteiger charge is -2.01. The average molecular weight is 269 g/mol. The maximum Gasteiger partial charge on any atom is 0.150 e. The van der Waals surface area contributed by atoms with Crippen LogP contribution in [0, 0.1) is 6.92 Å². The third-order valence-corrected chi connectivity index (χ3v) is 4.07. The summed E-state index contributed by atoms with van der Waals surface area (Å²) >= 11 is 5.16. The summed E-state index contributed by atoms with van der Waals surface area (Å²) in [5, 5.41) is 4.05. The molecule has 0 N–H and O–H groups in total. The van der Waals surface area contributed by atoms with Crippen molar-refractivity contribution in [1.82, 2.24) is 0 Å². The van der Waals surface area contributed by atoms with Crippen LogP contribution < -0.4 is 0 Å². The van der Waals surface area contributed by atoms with Crippen molar-refractivity contribution in [3.63, 3.8) is 0 Å². The molecule has 0 saturated carbocycles. The molecule has 1 heterocycles. The summed E-state index contributed by atoms with van der Waals surface area (Å²) < 4.78 is 1.23. The minimum absolute atomic E-state index is 0.795. The van der Waals surface area contributed by atoms with E-state index in [-0.39, 0.29) is 0 Å². The van der Waals surface area contributed by atoms with Crippen LogP contribution in [0.15, 0.2) is 17.5 Å². The summed E-state index contributed by atoms with van der Waals surface area (Å²) in [6, 6.07) is 3.91. The molecule has 0 unspecified atom stereocenters. The molecule has 0 aliphatic rings. The van der Waals surface area contributed by atoms with E-state index in [1.165, 1.54) is 15.8 Å². The number of aryl methyl sites for hydroxylation is 1. The first-order chi connectivity index (χ1) is 6.77. The SMILES string of the molecule is Cc1csc2c(CBr)ccc(C=O)c12. The Bertz CT molecular complexity index is 487. The lowest BCUT2D eigenvalue weighted by atomic mass is 10.1. The summed E-state index contributed by atoms with van der Waals surface area (Å²) in [7, 11) is 0. The van der Waals surface area contributed by atoms with Gasteiger partial charge in [0.05, 0.1) is 0 Å². The molecule has 0 radical (unpaired) electrons. The van der Waals surface area contributed by atoms with Crippen LogP contribution in [-0.2, 0) is 5.33 Å². The first-order valence-corrected chi connectivity index (χ1v) is 6.29. The van der Waals surface area contributed by atoms with Crippen molar-refractivity contribution in [3.05, 3.63) is 34.2 Å². The molecule has 0 bridgehead atoms. The van der Waals surface area contributed by atoms with Crippen molar-refractivity contribution >= 4 is 43.6 Å². The predicted octanol–water partition coefficient (Wildman–Crippen LogP) is 3.92. The van der Waals surface area contributed by atoms with Gasteiger partial charge in [-0.3, -0.25) is 4.79 Å². The Balaban J connectivity index is 2.87. The molecule has 0 fully saturated rings. The number of aldehydes is 1. The number of fused-ring (bicyclic) bond motifs is 1. The minimum Gasteiger partial charge on any atom is -0.298 e. The van der Waals surface area contributed by atoms with Crippen LogP contribution in [0.5, 0.6) is 0 Å². The second-order valence-electron chi connectivity index (χ2n) is 3.19. The van der Waals surface area contributed by atoms with Crippen molar-refractivity contribution in [2.24, 2.45) is 0 Å². The summed E-state index contributed by atoms with van der Waals surface area (Å²) in [5.41, 5.74) is 3.24. The van der Waals surface area contributed by atoms with Crippen LogP contribution in [0.4, 0.5) is 0 Å². The fraction of sp³-hybridized carbons (Fsp3) is 0.182. The molecule has 0 atom stereocenters. The number of halogens is 1. The van der Waals surface area contributed by atoms with Crippen LogP contribution in [0.25, 0.3) is 10.1 Å². The number of alkyl halides is 1. The number of hydrogen-bond donors (Lipinski definition) is 0. The molecule has 2 aromatic rings. The summed E-state index contributed by atoms with van der Waals surface area (Å²) in [4.78, 5) is 10.9. The Morgan fingerprint density at radius 2 is 2.29 bits per heavy atom. The number of carbonyl (C=O) groups excluding carboxylic acids is 1. The summed E-state index contributed by atoms with van der Waals surface area (Å²) in [6.45, 7) is 2.05. The third-order valence-electron chi connectivity index (χ3n) is 2.29. The number of thiophene rings is 1. The molecular formula is C11H9BrOS. The zero-order chi connectivity index (χ0) is 10.1. The first kappa shape index (κ1) is 9.87. The molecule has 0 saturated heterocycles. The van der Waals surface area contributed by atoms with E-state index < -0.39 is 0 Å². The van der Waals surface area contributed by atoms with Gasteiger partial charge in [-0.15, -0.1) is 11.3 Å². The lowest BCUT2D eigenvalue weighted by molar-refractivity contribution is 0.112. The van der Waals surface area contributed by atoms with Crippen molar-refractivity contribution < 1.29 is 4.79 Å². The molecule has 2 rings (SSSR count). The normalized spacial score (nSPS) is 10.7. The van der Waals surface area contributed by atoms with E-state index in [1.54, 1.807) is 11.3 Å². The monoisotopic (exact) mass is 268 g/mol. The fourth-order valence-electron chi connectivity index (χ4n) is 1.59. The highest BCUT2D eigenvalue weighted by Gasteiger charge is 2.08. The number of carbonyl (C=O) groups is 1. The molecule has 0 spiro atoms. The Kier molecular flexibility index (Phi) is 2.70. The Labute approximate surface area is 94.9 Å². The standard InChI is InChI=1S/C11H9BrOS/c1-7-6-14-11-8(4-12)2-3-9(5-13)10(7)11/h2-3,5-6H,4H2,1H3. The van der Waals surface area contributed by atoms with E-state index in [9.17, 15) is 4.79 Å². The zero-order valence-corrected chi connectivity index (χ0v) is 10.1. The van der Waals surface area contributed by atoms with Gasteiger partial charge in [-0.25, -0.2) is 0 Å². The van der Waals surface area contributed by atoms with Crippen molar-refractivity contribution in [2.75, 3.05) is 0 Å². The van der Waals surface area contributed by atoms with Gasteiger partial charge in [-0.2, -0.15) is 0 Å². The molecule has 0 aliphatic heterocycles. The van der Waals surface area contributed by atoms with Gasteiger partial charge in [-0.1, -0.05) is 28.1 Å². The highest BCUT2D eigenvalue weighted by molar-refractivity contribution is 9.08. The first-order valence-electron chi connectivity index (χ1n) is 4.28. The Hall–Kier alpha value is -0.670. The number of rotatable bonds is 2.